The van der Waals surface area contributed by atoms with Crippen molar-refractivity contribution in [3.05, 3.63) is 30.1 Å². The van der Waals surface area contributed by atoms with Crippen molar-refractivity contribution in [3.8, 4) is 0 Å². The molecule has 1 unspecified atom stereocenters. The third-order valence-electron chi connectivity index (χ3n) is 2.44. The first-order valence-electron chi connectivity index (χ1n) is 5.72. The van der Waals surface area contributed by atoms with E-state index < -0.39 is 0 Å². The highest BCUT2D eigenvalue weighted by atomic mass is 16.2. The van der Waals surface area contributed by atoms with Crippen LogP contribution in [0.1, 0.15) is 30.6 Å². The number of nitrogens with zero attached hydrogens (tertiary/aromatic N) is 2. The summed E-state index contributed by atoms with van der Waals surface area (Å²) < 4.78 is 0. The first-order valence-corrected chi connectivity index (χ1v) is 5.72. The van der Waals surface area contributed by atoms with Crippen molar-refractivity contribution in [2.45, 2.75) is 26.3 Å². The van der Waals surface area contributed by atoms with E-state index in [0.717, 1.165) is 13.0 Å². The van der Waals surface area contributed by atoms with Gasteiger partial charge in [0.25, 0.3) is 5.91 Å². The van der Waals surface area contributed by atoms with Crippen LogP contribution in [0.4, 0.5) is 0 Å². The summed E-state index contributed by atoms with van der Waals surface area (Å²) in [7, 11) is 0. The molecule has 1 aliphatic rings. The number of carbonyl (C=O) groups excluding carboxylic acids is 1. The number of nitrogens with two attached hydrogens (primary N) is 1. The zero-order valence-corrected chi connectivity index (χ0v) is 9.89. The van der Waals surface area contributed by atoms with Crippen molar-refractivity contribution < 1.29 is 4.79 Å². The summed E-state index contributed by atoms with van der Waals surface area (Å²) in [6.45, 7) is 5.43. The van der Waals surface area contributed by atoms with Gasteiger partial charge in [-0.2, -0.15) is 0 Å². The number of amides is 1. The lowest BCUT2D eigenvalue weighted by atomic mass is 10.2. The van der Waals surface area contributed by atoms with Crippen molar-refractivity contribution in [3.63, 3.8) is 0 Å². The Kier molecular flexibility index (Phi) is 4.92. The van der Waals surface area contributed by atoms with Gasteiger partial charge >= 0.3 is 0 Å². The molecule has 1 saturated heterocycles. The number of rotatable bonds is 1. The molecule has 1 aromatic heterocycles. The first kappa shape index (κ1) is 12.6. The predicted octanol–water partition coefficient (Wildman–Crippen LogP) is 1.28. The van der Waals surface area contributed by atoms with Crippen molar-refractivity contribution in [2.24, 2.45) is 5.73 Å². The Morgan fingerprint density at radius 1 is 1.44 bits per heavy atom. The Morgan fingerprint density at radius 3 is 2.56 bits per heavy atom. The van der Waals surface area contributed by atoms with Gasteiger partial charge in [-0.05, 0) is 18.6 Å². The van der Waals surface area contributed by atoms with Crippen LogP contribution >= 0.6 is 0 Å². The van der Waals surface area contributed by atoms with Crippen molar-refractivity contribution in [2.75, 3.05) is 13.1 Å². The van der Waals surface area contributed by atoms with E-state index in [1.807, 2.05) is 13.8 Å². The summed E-state index contributed by atoms with van der Waals surface area (Å²) >= 11 is 0. The van der Waals surface area contributed by atoms with E-state index in [9.17, 15) is 4.79 Å². The predicted molar refractivity (Wildman–Crippen MR) is 64.1 cm³/mol. The molecule has 0 spiro atoms. The standard InChI is InChI=1S/C10H13N3O.C2H6/c11-9-3-6-13(7-9)10(14)8-1-4-12-5-2-8;1-2/h1-2,4-5,9H,3,6-7,11H2;1-2H3. The Balaban J connectivity index is 0.000000606. The second-order valence-electron chi connectivity index (χ2n) is 3.54. The van der Waals surface area contributed by atoms with Crippen molar-refractivity contribution >= 4 is 5.91 Å². The largest absolute Gasteiger partial charge is 0.337 e. The lowest BCUT2D eigenvalue weighted by molar-refractivity contribution is 0.0791. The molecule has 1 fully saturated rings. The molecule has 4 nitrogen and oxygen atoms in total. The Hall–Kier alpha value is -1.42. The normalized spacial score (nSPS) is 18.9. The average Bonchev–Trinajstić information content (AvgIpc) is 2.79. The van der Waals surface area contributed by atoms with Crippen LogP contribution in [-0.4, -0.2) is 34.9 Å². The molecule has 88 valence electrons. The Bertz CT molecular complexity index is 326. The molecule has 0 aliphatic carbocycles. The number of pyridine rings is 1. The first-order chi connectivity index (χ1) is 7.77. The fraction of sp³-hybridized carbons (Fsp3) is 0.500. The quantitative estimate of drug-likeness (QED) is 0.777. The Morgan fingerprint density at radius 2 is 2.06 bits per heavy atom. The molecule has 0 aromatic carbocycles. The van der Waals surface area contributed by atoms with Crippen molar-refractivity contribution in [1.82, 2.24) is 9.88 Å². The summed E-state index contributed by atoms with van der Waals surface area (Å²) in [4.78, 5) is 17.5. The average molecular weight is 221 g/mol. The second kappa shape index (κ2) is 6.23. The summed E-state index contributed by atoms with van der Waals surface area (Å²) in [5.74, 6) is 0.0559. The maximum absolute atomic E-state index is 11.8. The van der Waals surface area contributed by atoms with E-state index in [0.29, 0.717) is 12.1 Å². The lowest BCUT2D eigenvalue weighted by Gasteiger charge is -2.15. The molecule has 0 radical (unpaired) electrons. The number of hydrogen-bond donors (Lipinski definition) is 1. The van der Waals surface area contributed by atoms with E-state index in [2.05, 4.69) is 4.98 Å². The summed E-state index contributed by atoms with van der Waals surface area (Å²) in [6.07, 6.45) is 4.16. The number of likely N-dealkylation sites (tertiary alicyclic amines) is 1. The van der Waals surface area contributed by atoms with Gasteiger partial charge in [0.1, 0.15) is 0 Å². The monoisotopic (exact) mass is 221 g/mol. The molecule has 2 rings (SSSR count). The molecule has 1 aliphatic heterocycles. The van der Waals surface area contributed by atoms with Gasteiger partial charge in [0.15, 0.2) is 0 Å². The highest BCUT2D eigenvalue weighted by Crippen LogP contribution is 2.11. The molecule has 1 aromatic rings. The topological polar surface area (TPSA) is 59.2 Å². The van der Waals surface area contributed by atoms with Gasteiger partial charge in [0.05, 0.1) is 0 Å². The fourth-order valence-electron chi connectivity index (χ4n) is 1.65. The molecule has 0 saturated carbocycles. The minimum atomic E-state index is 0.0559. The molecule has 0 bridgehead atoms. The highest BCUT2D eigenvalue weighted by molar-refractivity contribution is 5.94. The van der Waals surface area contributed by atoms with E-state index >= 15 is 0 Å². The second-order valence-corrected chi connectivity index (χ2v) is 3.54. The zero-order valence-electron chi connectivity index (χ0n) is 9.89. The van der Waals surface area contributed by atoms with Gasteiger partial charge in [-0.15, -0.1) is 0 Å². The Labute approximate surface area is 96.5 Å². The van der Waals surface area contributed by atoms with Crippen LogP contribution in [-0.2, 0) is 0 Å². The van der Waals surface area contributed by atoms with Gasteiger partial charge in [0.2, 0.25) is 0 Å². The van der Waals surface area contributed by atoms with Crippen LogP contribution in [0.3, 0.4) is 0 Å². The van der Waals surface area contributed by atoms with Gasteiger partial charge < -0.3 is 10.6 Å². The maximum atomic E-state index is 11.8. The SMILES string of the molecule is CC.NC1CCN(C(=O)c2ccncc2)C1. The van der Waals surface area contributed by atoms with Gasteiger partial charge in [-0.25, -0.2) is 0 Å². The van der Waals surface area contributed by atoms with Crippen LogP contribution in [0, 0.1) is 0 Å². The van der Waals surface area contributed by atoms with Gasteiger partial charge in [-0.3, -0.25) is 9.78 Å². The summed E-state index contributed by atoms with van der Waals surface area (Å²) in [5.41, 5.74) is 6.42. The molecule has 2 N–H and O–H groups in total. The minimum absolute atomic E-state index is 0.0559. The highest BCUT2D eigenvalue weighted by Gasteiger charge is 2.24. The van der Waals surface area contributed by atoms with Crippen LogP contribution in [0.25, 0.3) is 0 Å². The van der Waals surface area contributed by atoms with Gasteiger partial charge in [0, 0.05) is 37.1 Å². The molecular formula is C12H19N3O. The number of carbonyl (C=O) groups is 1. The fourth-order valence-corrected chi connectivity index (χ4v) is 1.65. The third-order valence-corrected chi connectivity index (χ3v) is 2.44. The van der Waals surface area contributed by atoms with Crippen LogP contribution in [0.15, 0.2) is 24.5 Å². The van der Waals surface area contributed by atoms with Crippen molar-refractivity contribution in [1.29, 1.82) is 0 Å². The third kappa shape index (κ3) is 3.03. The van der Waals surface area contributed by atoms with Gasteiger partial charge in [-0.1, -0.05) is 13.8 Å². The minimum Gasteiger partial charge on any atom is -0.337 e. The maximum Gasteiger partial charge on any atom is 0.254 e. The van der Waals surface area contributed by atoms with E-state index in [-0.39, 0.29) is 11.9 Å². The summed E-state index contributed by atoms with van der Waals surface area (Å²) in [5, 5.41) is 0. The summed E-state index contributed by atoms with van der Waals surface area (Å²) in [6, 6.07) is 3.60. The molecule has 16 heavy (non-hydrogen) atoms. The van der Waals surface area contributed by atoms with Crippen LogP contribution in [0.2, 0.25) is 0 Å². The van der Waals surface area contributed by atoms with E-state index in [1.165, 1.54) is 0 Å². The molecule has 4 heteroatoms. The number of hydrogen-bond acceptors (Lipinski definition) is 3. The van der Waals surface area contributed by atoms with Crippen LogP contribution < -0.4 is 5.73 Å². The van der Waals surface area contributed by atoms with Crippen LogP contribution in [0.5, 0.6) is 0 Å². The van der Waals surface area contributed by atoms with E-state index in [4.69, 9.17) is 5.73 Å². The molecule has 1 atom stereocenters. The smallest absolute Gasteiger partial charge is 0.254 e. The van der Waals surface area contributed by atoms with E-state index in [1.54, 1.807) is 29.4 Å². The number of aromatic nitrogens is 1. The molecule has 2 heterocycles. The molecular weight excluding hydrogens is 202 g/mol. The zero-order chi connectivity index (χ0) is 12.0. The molecule has 1 amide bonds. The lowest BCUT2D eigenvalue weighted by Crippen LogP contribution is -2.31.